The molecule has 16 heavy (non-hydrogen) atoms. The van der Waals surface area contributed by atoms with Crippen LogP contribution >= 0.6 is 0 Å². The molecule has 1 rings (SSSR count). The first kappa shape index (κ1) is 12.0. The number of carbonyl (C=O) groups is 2. The van der Waals surface area contributed by atoms with Crippen LogP contribution < -0.4 is 4.74 Å². The van der Waals surface area contributed by atoms with E-state index < -0.39 is 18.0 Å². The Morgan fingerprint density at radius 1 is 1.19 bits per heavy atom. The van der Waals surface area contributed by atoms with Crippen molar-refractivity contribution in [2.24, 2.45) is 0 Å². The predicted octanol–water partition coefficient (Wildman–Crippen LogP) is 1.22. The van der Waals surface area contributed by atoms with Gasteiger partial charge < -0.3 is 14.9 Å². The zero-order valence-corrected chi connectivity index (χ0v) is 8.93. The highest BCUT2D eigenvalue weighted by Gasteiger charge is 2.28. The van der Waals surface area contributed by atoms with Gasteiger partial charge in [0.2, 0.25) is 0 Å². The fraction of sp³-hybridized carbons (Fsp3) is 0.273. The highest BCUT2D eigenvalue weighted by Crippen LogP contribution is 2.21. The van der Waals surface area contributed by atoms with Crippen LogP contribution in [0.15, 0.2) is 18.2 Å². The zero-order valence-electron chi connectivity index (χ0n) is 8.93. The summed E-state index contributed by atoms with van der Waals surface area (Å²) in [6, 6.07) is 5.05. The van der Waals surface area contributed by atoms with Crippen LogP contribution in [0.2, 0.25) is 0 Å². The molecule has 0 saturated carbocycles. The molecule has 1 aromatic rings. The second kappa shape index (κ2) is 4.65. The van der Waals surface area contributed by atoms with Gasteiger partial charge in [0.25, 0.3) is 6.10 Å². The Kier molecular flexibility index (Phi) is 3.50. The lowest BCUT2D eigenvalue weighted by Gasteiger charge is -2.13. The van der Waals surface area contributed by atoms with Crippen molar-refractivity contribution in [3.8, 4) is 5.75 Å². The number of aryl methyl sites for hydroxylation is 1. The van der Waals surface area contributed by atoms with Gasteiger partial charge in [-0.2, -0.15) is 0 Å². The Bertz CT molecular complexity index is 410. The van der Waals surface area contributed by atoms with Gasteiger partial charge in [0.15, 0.2) is 0 Å². The average molecular weight is 224 g/mol. The van der Waals surface area contributed by atoms with Crippen molar-refractivity contribution in [1.29, 1.82) is 0 Å². The van der Waals surface area contributed by atoms with Gasteiger partial charge in [0.05, 0.1) is 0 Å². The molecule has 0 aromatic heterocycles. The van der Waals surface area contributed by atoms with E-state index in [0.717, 1.165) is 11.1 Å². The van der Waals surface area contributed by atoms with Gasteiger partial charge in [-0.15, -0.1) is 0 Å². The van der Waals surface area contributed by atoms with E-state index in [4.69, 9.17) is 14.9 Å². The third-order valence-electron chi connectivity index (χ3n) is 2.25. The van der Waals surface area contributed by atoms with Crippen molar-refractivity contribution in [2.45, 2.75) is 20.0 Å². The molecule has 86 valence electrons. The number of aliphatic carboxylic acids is 2. The number of benzene rings is 1. The van der Waals surface area contributed by atoms with Crippen LogP contribution in [-0.4, -0.2) is 28.3 Å². The lowest BCUT2D eigenvalue weighted by molar-refractivity contribution is -0.159. The monoisotopic (exact) mass is 224 g/mol. The maximum absolute atomic E-state index is 10.6. The summed E-state index contributed by atoms with van der Waals surface area (Å²) in [4.78, 5) is 21.3. The summed E-state index contributed by atoms with van der Waals surface area (Å²) >= 11 is 0. The summed E-state index contributed by atoms with van der Waals surface area (Å²) in [6.07, 6.45) is -1.87. The fourth-order valence-electron chi connectivity index (χ4n) is 1.19. The van der Waals surface area contributed by atoms with E-state index >= 15 is 0 Å². The van der Waals surface area contributed by atoms with Crippen molar-refractivity contribution in [1.82, 2.24) is 0 Å². The molecule has 0 heterocycles. The molecule has 0 radical (unpaired) electrons. The molecule has 0 aliphatic rings. The summed E-state index contributed by atoms with van der Waals surface area (Å²) in [6.45, 7) is 3.57. The minimum Gasteiger partial charge on any atom is -0.478 e. The minimum atomic E-state index is -1.87. The number of carboxylic acids is 2. The Hall–Kier alpha value is -2.04. The Morgan fingerprint density at radius 2 is 1.75 bits per heavy atom. The minimum absolute atomic E-state index is 0.273. The molecule has 0 atom stereocenters. The van der Waals surface area contributed by atoms with E-state index in [0.29, 0.717) is 0 Å². The van der Waals surface area contributed by atoms with Crippen molar-refractivity contribution >= 4 is 11.9 Å². The van der Waals surface area contributed by atoms with E-state index in [1.165, 1.54) is 0 Å². The van der Waals surface area contributed by atoms with Crippen molar-refractivity contribution in [3.63, 3.8) is 0 Å². The molecule has 5 nitrogen and oxygen atoms in total. The topological polar surface area (TPSA) is 83.8 Å². The van der Waals surface area contributed by atoms with E-state index in [9.17, 15) is 9.59 Å². The molecular formula is C11H12O5. The van der Waals surface area contributed by atoms with Gasteiger partial charge in [0.1, 0.15) is 5.75 Å². The molecule has 0 amide bonds. The van der Waals surface area contributed by atoms with Gasteiger partial charge in [-0.25, -0.2) is 9.59 Å². The summed E-state index contributed by atoms with van der Waals surface area (Å²) < 4.78 is 4.95. The van der Waals surface area contributed by atoms with Crippen LogP contribution in [0.1, 0.15) is 11.1 Å². The van der Waals surface area contributed by atoms with Crippen LogP contribution in [-0.2, 0) is 9.59 Å². The summed E-state index contributed by atoms with van der Waals surface area (Å²) in [5.74, 6) is -2.77. The lowest BCUT2D eigenvalue weighted by Crippen LogP contribution is -2.35. The second-order valence-corrected chi connectivity index (χ2v) is 3.37. The molecule has 0 fully saturated rings. The van der Waals surface area contributed by atoms with Crippen molar-refractivity contribution < 1.29 is 24.5 Å². The first-order valence-corrected chi connectivity index (χ1v) is 4.62. The highest BCUT2D eigenvalue weighted by atomic mass is 16.5. The SMILES string of the molecule is Cc1cccc(OC(C(=O)O)C(=O)O)c1C. The third-order valence-corrected chi connectivity index (χ3v) is 2.25. The van der Waals surface area contributed by atoms with Gasteiger partial charge >= 0.3 is 11.9 Å². The number of hydrogen-bond donors (Lipinski definition) is 2. The largest absolute Gasteiger partial charge is 0.478 e. The standard InChI is InChI=1S/C11H12O5/c1-6-4-3-5-8(7(6)2)16-9(10(12)13)11(14)15/h3-5,9H,1-2H3,(H,12,13)(H,14,15). The molecule has 0 saturated heterocycles. The van der Waals surface area contributed by atoms with Gasteiger partial charge in [-0.05, 0) is 31.0 Å². The maximum atomic E-state index is 10.6. The first-order chi connectivity index (χ1) is 7.43. The average Bonchev–Trinajstić information content (AvgIpc) is 2.19. The second-order valence-electron chi connectivity index (χ2n) is 3.37. The van der Waals surface area contributed by atoms with Gasteiger partial charge in [-0.3, -0.25) is 0 Å². The molecule has 5 heteroatoms. The molecule has 1 aromatic carbocycles. The first-order valence-electron chi connectivity index (χ1n) is 4.62. The third kappa shape index (κ3) is 2.50. The molecule has 0 aliphatic carbocycles. The molecule has 0 aliphatic heterocycles. The maximum Gasteiger partial charge on any atom is 0.356 e. The molecule has 0 bridgehead atoms. The molecule has 0 unspecified atom stereocenters. The smallest absolute Gasteiger partial charge is 0.356 e. The number of rotatable bonds is 4. The van der Waals surface area contributed by atoms with E-state index in [2.05, 4.69) is 0 Å². The summed E-state index contributed by atoms with van der Waals surface area (Å²) in [5, 5.41) is 17.3. The Morgan fingerprint density at radius 3 is 2.25 bits per heavy atom. The van der Waals surface area contributed by atoms with E-state index in [1.54, 1.807) is 19.1 Å². The Labute approximate surface area is 92.3 Å². The fourth-order valence-corrected chi connectivity index (χ4v) is 1.19. The van der Waals surface area contributed by atoms with Gasteiger partial charge in [0, 0.05) is 0 Å². The quantitative estimate of drug-likeness (QED) is 0.751. The van der Waals surface area contributed by atoms with Crippen LogP contribution in [0.4, 0.5) is 0 Å². The zero-order chi connectivity index (χ0) is 12.3. The number of carboxylic acid groups (broad SMARTS) is 2. The molecular weight excluding hydrogens is 212 g/mol. The summed E-state index contributed by atoms with van der Waals surface area (Å²) in [5.41, 5.74) is 1.64. The summed E-state index contributed by atoms with van der Waals surface area (Å²) in [7, 11) is 0. The predicted molar refractivity (Wildman–Crippen MR) is 55.6 cm³/mol. The number of ether oxygens (including phenoxy) is 1. The lowest BCUT2D eigenvalue weighted by atomic mass is 10.1. The van der Waals surface area contributed by atoms with Crippen LogP contribution in [0, 0.1) is 13.8 Å². The van der Waals surface area contributed by atoms with E-state index in [-0.39, 0.29) is 5.75 Å². The van der Waals surface area contributed by atoms with Crippen molar-refractivity contribution in [3.05, 3.63) is 29.3 Å². The van der Waals surface area contributed by atoms with Gasteiger partial charge in [-0.1, -0.05) is 12.1 Å². The Balaban J connectivity index is 2.98. The normalized spacial score (nSPS) is 10.2. The van der Waals surface area contributed by atoms with E-state index in [1.807, 2.05) is 13.0 Å². The molecule has 0 spiro atoms. The number of hydrogen-bond acceptors (Lipinski definition) is 3. The van der Waals surface area contributed by atoms with Crippen LogP contribution in [0.3, 0.4) is 0 Å². The van der Waals surface area contributed by atoms with Crippen LogP contribution in [0.5, 0.6) is 5.75 Å². The van der Waals surface area contributed by atoms with Crippen LogP contribution in [0.25, 0.3) is 0 Å². The highest BCUT2D eigenvalue weighted by molar-refractivity contribution is 5.96. The molecule has 2 N–H and O–H groups in total. The van der Waals surface area contributed by atoms with Crippen molar-refractivity contribution in [2.75, 3.05) is 0 Å².